The molecule has 0 saturated carbocycles. The largest absolute Gasteiger partial charge is 0.494 e. The Morgan fingerprint density at radius 1 is 1.06 bits per heavy atom. The van der Waals surface area contributed by atoms with E-state index < -0.39 is 0 Å². The van der Waals surface area contributed by atoms with Crippen molar-refractivity contribution in [2.45, 2.75) is 19.8 Å². The lowest BCUT2D eigenvalue weighted by Gasteiger charge is -2.33. The number of piperazine rings is 1. The molecule has 164 valence electrons. The first kappa shape index (κ1) is 21.0. The van der Waals surface area contributed by atoms with Gasteiger partial charge in [0.15, 0.2) is 11.5 Å². The first-order valence-corrected chi connectivity index (χ1v) is 10.7. The Hall–Kier alpha value is -3.20. The molecule has 3 heterocycles. The third-order valence-electron chi connectivity index (χ3n) is 5.61. The number of rotatable bonds is 7. The highest BCUT2D eigenvalue weighted by Gasteiger charge is 2.18. The average molecular weight is 424 g/mol. The molecule has 1 aliphatic rings. The van der Waals surface area contributed by atoms with Gasteiger partial charge in [0.1, 0.15) is 11.6 Å². The summed E-state index contributed by atoms with van der Waals surface area (Å²) < 4.78 is 7.22. The van der Waals surface area contributed by atoms with E-state index in [0.717, 1.165) is 43.4 Å². The van der Waals surface area contributed by atoms with Gasteiger partial charge < -0.3 is 19.4 Å². The molecular weight excluding hydrogens is 394 g/mol. The SMILES string of the molecule is CCOc1ccc(N(C)C(=O)CCc2nnc3ccc(N4CCN(C)CC4)nn23)cc1. The van der Waals surface area contributed by atoms with Gasteiger partial charge in [-0.15, -0.1) is 15.3 Å². The van der Waals surface area contributed by atoms with Gasteiger partial charge in [-0.2, -0.15) is 4.52 Å². The maximum atomic E-state index is 12.7. The molecule has 0 spiro atoms. The van der Waals surface area contributed by atoms with Crippen LogP contribution in [0.1, 0.15) is 19.2 Å². The fourth-order valence-corrected chi connectivity index (χ4v) is 3.65. The summed E-state index contributed by atoms with van der Waals surface area (Å²) in [5.74, 6) is 2.42. The molecule has 0 unspecified atom stereocenters. The number of amides is 1. The van der Waals surface area contributed by atoms with E-state index in [1.54, 1.807) is 16.5 Å². The van der Waals surface area contributed by atoms with Gasteiger partial charge in [0.25, 0.3) is 0 Å². The van der Waals surface area contributed by atoms with Gasteiger partial charge in [-0.1, -0.05) is 0 Å². The molecule has 9 heteroatoms. The second kappa shape index (κ2) is 9.30. The number of likely N-dealkylation sites (N-methyl/N-ethyl adjacent to an activating group) is 1. The predicted molar refractivity (Wildman–Crippen MR) is 120 cm³/mol. The van der Waals surface area contributed by atoms with E-state index in [9.17, 15) is 4.79 Å². The Kier molecular flexibility index (Phi) is 6.31. The van der Waals surface area contributed by atoms with Crippen molar-refractivity contribution in [3.05, 3.63) is 42.2 Å². The second-order valence-corrected chi connectivity index (χ2v) is 7.75. The van der Waals surface area contributed by atoms with E-state index in [1.165, 1.54) is 0 Å². The molecule has 0 atom stereocenters. The number of aromatic nitrogens is 4. The van der Waals surface area contributed by atoms with E-state index in [0.29, 0.717) is 30.9 Å². The molecule has 0 N–H and O–H groups in total. The zero-order valence-corrected chi connectivity index (χ0v) is 18.4. The molecule has 1 fully saturated rings. The van der Waals surface area contributed by atoms with E-state index in [4.69, 9.17) is 9.84 Å². The maximum absolute atomic E-state index is 12.7. The number of aryl methyl sites for hydroxylation is 1. The summed E-state index contributed by atoms with van der Waals surface area (Å²) in [5, 5.41) is 13.2. The number of ether oxygens (including phenoxy) is 1. The van der Waals surface area contributed by atoms with Crippen molar-refractivity contribution < 1.29 is 9.53 Å². The Balaban J connectivity index is 1.42. The Morgan fingerprint density at radius 2 is 1.81 bits per heavy atom. The summed E-state index contributed by atoms with van der Waals surface area (Å²) in [5.41, 5.74) is 1.52. The van der Waals surface area contributed by atoms with Crippen LogP contribution in [0.4, 0.5) is 11.5 Å². The van der Waals surface area contributed by atoms with Crippen molar-refractivity contribution >= 4 is 23.1 Å². The predicted octanol–water partition coefficient (Wildman–Crippen LogP) is 1.87. The molecule has 1 aromatic carbocycles. The normalized spacial score (nSPS) is 14.7. The second-order valence-electron chi connectivity index (χ2n) is 7.75. The highest BCUT2D eigenvalue weighted by atomic mass is 16.5. The number of benzene rings is 1. The summed E-state index contributed by atoms with van der Waals surface area (Å²) in [6.07, 6.45) is 0.797. The molecular formula is C22H29N7O2. The minimum Gasteiger partial charge on any atom is -0.494 e. The van der Waals surface area contributed by atoms with Crippen molar-refractivity contribution in [1.82, 2.24) is 24.7 Å². The van der Waals surface area contributed by atoms with Crippen LogP contribution in [0, 0.1) is 0 Å². The molecule has 9 nitrogen and oxygen atoms in total. The summed E-state index contributed by atoms with van der Waals surface area (Å²) in [6.45, 7) is 6.48. The van der Waals surface area contributed by atoms with Gasteiger partial charge in [-0.25, -0.2) is 0 Å². The van der Waals surface area contributed by atoms with Crippen molar-refractivity contribution in [3.63, 3.8) is 0 Å². The molecule has 1 saturated heterocycles. The van der Waals surface area contributed by atoms with Crippen LogP contribution in [0.25, 0.3) is 5.65 Å². The number of fused-ring (bicyclic) bond motifs is 1. The fourth-order valence-electron chi connectivity index (χ4n) is 3.65. The van der Waals surface area contributed by atoms with Gasteiger partial charge in [-0.05, 0) is 50.4 Å². The lowest BCUT2D eigenvalue weighted by molar-refractivity contribution is -0.118. The highest BCUT2D eigenvalue weighted by molar-refractivity contribution is 5.92. The molecule has 4 rings (SSSR count). The maximum Gasteiger partial charge on any atom is 0.227 e. The topological polar surface area (TPSA) is 79.1 Å². The zero-order chi connectivity index (χ0) is 21.8. The number of carbonyl (C=O) groups is 1. The van der Waals surface area contributed by atoms with Crippen LogP contribution in [0.2, 0.25) is 0 Å². The minimum atomic E-state index is 0.0103. The van der Waals surface area contributed by atoms with Crippen LogP contribution in [0.5, 0.6) is 5.75 Å². The van der Waals surface area contributed by atoms with Gasteiger partial charge in [0, 0.05) is 51.8 Å². The Morgan fingerprint density at radius 3 is 2.52 bits per heavy atom. The first-order chi connectivity index (χ1) is 15.0. The van der Waals surface area contributed by atoms with Crippen LogP contribution in [0.15, 0.2) is 36.4 Å². The van der Waals surface area contributed by atoms with Crippen LogP contribution in [-0.4, -0.2) is 77.5 Å². The summed E-state index contributed by atoms with van der Waals surface area (Å²) >= 11 is 0. The van der Waals surface area contributed by atoms with Crippen LogP contribution in [-0.2, 0) is 11.2 Å². The Labute approximate surface area is 182 Å². The molecule has 0 bridgehead atoms. The molecule has 1 aliphatic heterocycles. The highest BCUT2D eigenvalue weighted by Crippen LogP contribution is 2.20. The van der Waals surface area contributed by atoms with Crippen molar-refractivity contribution in [3.8, 4) is 5.75 Å². The monoisotopic (exact) mass is 423 g/mol. The molecule has 2 aromatic heterocycles. The van der Waals surface area contributed by atoms with E-state index in [2.05, 4.69) is 27.0 Å². The number of carbonyl (C=O) groups excluding carboxylic acids is 1. The van der Waals surface area contributed by atoms with Crippen molar-refractivity contribution in [1.29, 1.82) is 0 Å². The van der Waals surface area contributed by atoms with E-state index in [1.807, 2.05) is 43.3 Å². The standard InChI is InChI=1S/C22H29N7O2/c1-4-31-18-7-5-17(6-8-18)27(3)22(30)12-11-20-24-23-19-9-10-21(25-29(19)20)28-15-13-26(2)14-16-28/h5-10H,4,11-16H2,1-3H3. The molecule has 1 amide bonds. The third-order valence-corrected chi connectivity index (χ3v) is 5.61. The zero-order valence-electron chi connectivity index (χ0n) is 18.4. The van der Waals surface area contributed by atoms with Crippen LogP contribution < -0.4 is 14.5 Å². The number of anilines is 2. The fraction of sp³-hybridized carbons (Fsp3) is 0.455. The van der Waals surface area contributed by atoms with E-state index in [-0.39, 0.29) is 5.91 Å². The summed E-state index contributed by atoms with van der Waals surface area (Å²) in [4.78, 5) is 19.0. The van der Waals surface area contributed by atoms with Crippen LogP contribution >= 0.6 is 0 Å². The number of hydrogen-bond acceptors (Lipinski definition) is 7. The third kappa shape index (κ3) is 4.77. The molecule has 0 aliphatic carbocycles. The molecule has 3 aromatic rings. The lowest BCUT2D eigenvalue weighted by Crippen LogP contribution is -2.45. The van der Waals surface area contributed by atoms with Gasteiger partial charge in [0.2, 0.25) is 5.91 Å². The Bertz CT molecular complexity index is 1030. The van der Waals surface area contributed by atoms with Gasteiger partial charge in [0.05, 0.1) is 6.61 Å². The number of nitrogens with zero attached hydrogens (tertiary/aromatic N) is 7. The average Bonchev–Trinajstić information content (AvgIpc) is 3.20. The minimum absolute atomic E-state index is 0.0103. The van der Waals surface area contributed by atoms with Gasteiger partial charge in [-0.3, -0.25) is 4.79 Å². The summed E-state index contributed by atoms with van der Waals surface area (Å²) in [6, 6.07) is 11.4. The quantitative estimate of drug-likeness (QED) is 0.574. The molecule has 0 radical (unpaired) electrons. The molecule has 31 heavy (non-hydrogen) atoms. The van der Waals surface area contributed by atoms with Crippen molar-refractivity contribution in [2.75, 3.05) is 56.7 Å². The van der Waals surface area contributed by atoms with Crippen molar-refractivity contribution in [2.24, 2.45) is 0 Å². The van der Waals surface area contributed by atoms with E-state index >= 15 is 0 Å². The number of hydrogen-bond donors (Lipinski definition) is 0. The first-order valence-electron chi connectivity index (χ1n) is 10.7. The van der Waals surface area contributed by atoms with Crippen LogP contribution in [0.3, 0.4) is 0 Å². The smallest absolute Gasteiger partial charge is 0.227 e. The summed E-state index contributed by atoms with van der Waals surface area (Å²) in [7, 11) is 3.91. The van der Waals surface area contributed by atoms with Gasteiger partial charge >= 0.3 is 0 Å². The lowest BCUT2D eigenvalue weighted by atomic mass is 10.2.